The molecule has 1 atom stereocenters. The van der Waals surface area contributed by atoms with Crippen LogP contribution in [0.5, 0.6) is 0 Å². The minimum absolute atomic E-state index is 0.0525. The van der Waals surface area contributed by atoms with E-state index in [9.17, 15) is 8.42 Å². The van der Waals surface area contributed by atoms with E-state index in [1.807, 2.05) is 0 Å². The molecular weight excluding hydrogens is 174 g/mol. The minimum atomic E-state index is -2.93. The molecule has 1 rings (SSSR count). The maximum Gasteiger partial charge on any atom is 0.173 e. The first-order chi connectivity index (χ1) is 5.64. The highest BCUT2D eigenvalue weighted by atomic mass is 32.2. The molecule has 0 aliphatic carbocycles. The summed E-state index contributed by atoms with van der Waals surface area (Å²) in [7, 11) is -2.93. The molecule has 1 heterocycles. The number of nitrogens with one attached hydrogen (secondary N) is 1. The zero-order valence-corrected chi connectivity index (χ0v) is 7.47. The van der Waals surface area contributed by atoms with E-state index in [1.165, 1.54) is 5.41 Å². The van der Waals surface area contributed by atoms with Crippen LogP contribution in [0.25, 0.3) is 0 Å². The molecule has 0 aromatic carbocycles. The maximum absolute atomic E-state index is 10.9. The van der Waals surface area contributed by atoms with Crippen molar-refractivity contribution in [3.63, 3.8) is 0 Å². The van der Waals surface area contributed by atoms with Gasteiger partial charge in [-0.1, -0.05) is 6.08 Å². The summed E-state index contributed by atoms with van der Waals surface area (Å²) in [6, 6.07) is -0.0525. The van der Waals surface area contributed by atoms with Crippen LogP contribution >= 0.6 is 0 Å². The smallest absolute Gasteiger partial charge is 0.173 e. The summed E-state index contributed by atoms with van der Waals surface area (Å²) in [4.78, 5) is 0. The van der Waals surface area contributed by atoms with Gasteiger partial charge in [0.25, 0.3) is 0 Å². The summed E-state index contributed by atoms with van der Waals surface area (Å²) in [5.74, 6) is 2.64. The minimum Gasteiger partial charge on any atom is -0.309 e. The van der Waals surface area contributed by atoms with Gasteiger partial charge in [0.1, 0.15) is 0 Å². The molecule has 12 heavy (non-hydrogen) atoms. The maximum atomic E-state index is 10.9. The van der Waals surface area contributed by atoms with Crippen LogP contribution in [0.3, 0.4) is 0 Å². The second kappa shape index (κ2) is 3.74. The SMILES string of the molecule is C#CCCNC1C=CS(=O)(=O)C1. The van der Waals surface area contributed by atoms with Crippen LogP contribution in [0.1, 0.15) is 6.42 Å². The normalized spacial score (nSPS) is 25.4. The van der Waals surface area contributed by atoms with Crippen molar-refractivity contribution in [2.45, 2.75) is 12.5 Å². The molecule has 1 unspecified atom stereocenters. The zero-order chi connectivity index (χ0) is 9.03. The van der Waals surface area contributed by atoms with E-state index in [4.69, 9.17) is 6.42 Å². The van der Waals surface area contributed by atoms with Gasteiger partial charge in [-0.3, -0.25) is 0 Å². The van der Waals surface area contributed by atoms with Crippen LogP contribution in [0, 0.1) is 12.3 Å². The molecule has 4 heteroatoms. The van der Waals surface area contributed by atoms with Crippen molar-refractivity contribution in [2.24, 2.45) is 0 Å². The lowest BCUT2D eigenvalue weighted by Gasteiger charge is -2.06. The predicted octanol–water partition coefficient (Wildman–Crippen LogP) is -0.0900. The van der Waals surface area contributed by atoms with Crippen molar-refractivity contribution in [1.29, 1.82) is 0 Å². The Bertz CT molecular complexity index is 310. The lowest BCUT2D eigenvalue weighted by atomic mass is 10.3. The molecule has 0 fully saturated rings. The number of rotatable bonds is 3. The number of hydrogen-bond donors (Lipinski definition) is 1. The third-order valence-electron chi connectivity index (χ3n) is 1.61. The van der Waals surface area contributed by atoms with E-state index < -0.39 is 9.84 Å². The largest absolute Gasteiger partial charge is 0.309 e. The number of hydrogen-bond acceptors (Lipinski definition) is 3. The van der Waals surface area contributed by atoms with Crippen LogP contribution in [0.15, 0.2) is 11.5 Å². The van der Waals surface area contributed by atoms with Crippen LogP contribution in [-0.4, -0.2) is 26.8 Å². The lowest BCUT2D eigenvalue weighted by molar-refractivity contribution is 0.593. The first-order valence-electron chi connectivity index (χ1n) is 3.72. The highest BCUT2D eigenvalue weighted by molar-refractivity contribution is 7.94. The molecule has 1 aliphatic rings. The molecule has 0 amide bonds. The Morgan fingerprint density at radius 2 is 2.42 bits per heavy atom. The molecule has 0 spiro atoms. The summed E-state index contributed by atoms with van der Waals surface area (Å²) in [5, 5.41) is 4.28. The van der Waals surface area contributed by atoms with Gasteiger partial charge in [-0.05, 0) is 0 Å². The zero-order valence-electron chi connectivity index (χ0n) is 6.66. The molecule has 0 saturated carbocycles. The lowest BCUT2D eigenvalue weighted by Crippen LogP contribution is -2.30. The highest BCUT2D eigenvalue weighted by Crippen LogP contribution is 2.07. The fourth-order valence-electron chi connectivity index (χ4n) is 1.03. The van der Waals surface area contributed by atoms with Crippen molar-refractivity contribution in [1.82, 2.24) is 5.32 Å². The van der Waals surface area contributed by atoms with E-state index >= 15 is 0 Å². The Labute approximate surface area is 72.8 Å². The van der Waals surface area contributed by atoms with Gasteiger partial charge in [0.05, 0.1) is 5.75 Å². The molecule has 0 aromatic heterocycles. The molecule has 0 bridgehead atoms. The van der Waals surface area contributed by atoms with E-state index in [2.05, 4.69) is 11.2 Å². The molecule has 0 radical (unpaired) electrons. The van der Waals surface area contributed by atoms with E-state index in [0.29, 0.717) is 13.0 Å². The number of sulfone groups is 1. The molecular formula is C8H11NO2S. The summed E-state index contributed by atoms with van der Waals surface area (Å²) >= 11 is 0. The third kappa shape index (κ3) is 2.68. The van der Waals surface area contributed by atoms with Crippen molar-refractivity contribution >= 4 is 9.84 Å². The van der Waals surface area contributed by atoms with Gasteiger partial charge in [0.2, 0.25) is 0 Å². The average molecular weight is 185 g/mol. The van der Waals surface area contributed by atoms with Crippen molar-refractivity contribution < 1.29 is 8.42 Å². The molecule has 3 nitrogen and oxygen atoms in total. The van der Waals surface area contributed by atoms with Gasteiger partial charge in [-0.2, -0.15) is 0 Å². The van der Waals surface area contributed by atoms with Crippen LogP contribution in [0.4, 0.5) is 0 Å². The van der Waals surface area contributed by atoms with Gasteiger partial charge in [0, 0.05) is 24.4 Å². The first kappa shape index (κ1) is 9.30. The first-order valence-corrected chi connectivity index (χ1v) is 5.43. The highest BCUT2D eigenvalue weighted by Gasteiger charge is 2.20. The number of terminal acetylenes is 1. The standard InChI is InChI=1S/C8H11NO2S/c1-2-3-5-9-8-4-6-12(10,11)7-8/h1,4,6,8-9H,3,5,7H2. The summed E-state index contributed by atoms with van der Waals surface area (Å²) in [6.45, 7) is 0.668. The Balaban J connectivity index is 2.32. The second-order valence-electron chi connectivity index (χ2n) is 2.67. The molecule has 1 aliphatic heterocycles. The van der Waals surface area contributed by atoms with Crippen LogP contribution in [-0.2, 0) is 9.84 Å². The molecule has 0 aromatic rings. The quantitative estimate of drug-likeness (QED) is 0.494. The monoisotopic (exact) mass is 185 g/mol. The van der Waals surface area contributed by atoms with Crippen molar-refractivity contribution in [2.75, 3.05) is 12.3 Å². The summed E-state index contributed by atoms with van der Waals surface area (Å²) in [5.41, 5.74) is 0. The van der Waals surface area contributed by atoms with E-state index in [0.717, 1.165) is 0 Å². The Morgan fingerprint density at radius 1 is 1.67 bits per heavy atom. The summed E-state index contributed by atoms with van der Waals surface area (Å²) in [6.07, 6.45) is 7.33. The summed E-state index contributed by atoms with van der Waals surface area (Å²) < 4.78 is 21.8. The second-order valence-corrected chi connectivity index (χ2v) is 4.60. The van der Waals surface area contributed by atoms with Crippen molar-refractivity contribution in [3.05, 3.63) is 11.5 Å². The predicted molar refractivity (Wildman–Crippen MR) is 48.2 cm³/mol. The topological polar surface area (TPSA) is 46.2 Å². The third-order valence-corrected chi connectivity index (χ3v) is 3.00. The van der Waals surface area contributed by atoms with Crippen LogP contribution in [0.2, 0.25) is 0 Å². The Kier molecular flexibility index (Phi) is 2.90. The van der Waals surface area contributed by atoms with E-state index in [1.54, 1.807) is 6.08 Å². The van der Waals surface area contributed by atoms with E-state index in [-0.39, 0.29) is 11.8 Å². The molecule has 1 N–H and O–H groups in total. The van der Waals surface area contributed by atoms with Crippen molar-refractivity contribution in [3.8, 4) is 12.3 Å². The molecule has 0 saturated heterocycles. The fourth-order valence-corrected chi connectivity index (χ4v) is 2.30. The Hall–Kier alpha value is -0.790. The van der Waals surface area contributed by atoms with Gasteiger partial charge in [0.15, 0.2) is 9.84 Å². The van der Waals surface area contributed by atoms with Gasteiger partial charge >= 0.3 is 0 Å². The van der Waals surface area contributed by atoms with Crippen LogP contribution < -0.4 is 5.32 Å². The van der Waals surface area contributed by atoms with Gasteiger partial charge in [-0.25, -0.2) is 8.42 Å². The molecule has 66 valence electrons. The van der Waals surface area contributed by atoms with Gasteiger partial charge < -0.3 is 5.32 Å². The Morgan fingerprint density at radius 3 is 2.92 bits per heavy atom. The van der Waals surface area contributed by atoms with Gasteiger partial charge in [-0.15, -0.1) is 12.3 Å². The average Bonchev–Trinajstić information content (AvgIpc) is 2.31. The fraction of sp³-hybridized carbons (Fsp3) is 0.500.